The Balaban J connectivity index is 1.36. The number of nitrogens with zero attached hydrogens (tertiary/aromatic N) is 5. The molecule has 1 saturated heterocycles. The maximum atomic E-state index is 13.1. The van der Waals surface area contributed by atoms with E-state index in [1.165, 1.54) is 12.3 Å². The topological polar surface area (TPSA) is 74.2 Å². The third-order valence-corrected chi connectivity index (χ3v) is 6.14. The van der Waals surface area contributed by atoms with Crippen LogP contribution in [0.1, 0.15) is 22.3 Å². The van der Waals surface area contributed by atoms with Crippen molar-refractivity contribution >= 4 is 28.3 Å². The normalized spacial score (nSPS) is 14.5. The third kappa shape index (κ3) is 5.09. The minimum atomic E-state index is -2.58. The van der Waals surface area contributed by atoms with Gasteiger partial charge in [0.15, 0.2) is 0 Å². The van der Waals surface area contributed by atoms with Gasteiger partial charge in [-0.3, -0.25) is 9.78 Å². The number of fused-ring (bicyclic) bond motifs is 1. The molecule has 0 radical (unpaired) electrons. The van der Waals surface area contributed by atoms with Crippen molar-refractivity contribution in [2.75, 3.05) is 43.4 Å². The average molecular weight is 475 g/mol. The quantitative estimate of drug-likeness (QED) is 0.455. The van der Waals surface area contributed by atoms with Crippen molar-refractivity contribution in [3.05, 3.63) is 78.4 Å². The number of carbonyl (C=O) groups excluding carboxylic acids is 1. The number of anilines is 2. The summed E-state index contributed by atoms with van der Waals surface area (Å²) in [6, 6.07) is 12.2. The number of benzene rings is 1. The van der Waals surface area contributed by atoms with E-state index in [1.54, 1.807) is 36.8 Å². The highest BCUT2D eigenvalue weighted by molar-refractivity contribution is 6.05. The number of pyridine rings is 3. The molecule has 5 rings (SSSR count). The first-order chi connectivity index (χ1) is 17.0. The summed E-state index contributed by atoms with van der Waals surface area (Å²) < 4.78 is 26.2. The number of aromatic nitrogens is 3. The Hall–Kier alpha value is -3.98. The highest BCUT2D eigenvalue weighted by Gasteiger charge is 2.17. The lowest BCUT2D eigenvalue weighted by Crippen LogP contribution is -2.44. The molecule has 0 aliphatic carbocycles. The second kappa shape index (κ2) is 9.71. The molecule has 35 heavy (non-hydrogen) atoms. The Labute approximate surface area is 201 Å². The van der Waals surface area contributed by atoms with Crippen LogP contribution in [-0.2, 0) is 0 Å². The van der Waals surface area contributed by atoms with E-state index in [2.05, 4.69) is 37.1 Å². The Bertz CT molecular complexity index is 1370. The number of piperazine rings is 1. The molecular weight excluding hydrogens is 450 g/mol. The van der Waals surface area contributed by atoms with Crippen LogP contribution in [0.25, 0.3) is 21.9 Å². The number of halogens is 2. The molecule has 9 heteroatoms. The number of nitrogens with one attached hydrogen (secondary N) is 1. The second-order valence-corrected chi connectivity index (χ2v) is 8.59. The summed E-state index contributed by atoms with van der Waals surface area (Å²) in [5.41, 5.74) is 1.72. The molecule has 7 nitrogen and oxygen atoms in total. The summed E-state index contributed by atoms with van der Waals surface area (Å²) in [5, 5.41) is 4.54. The Morgan fingerprint density at radius 2 is 1.74 bits per heavy atom. The summed E-state index contributed by atoms with van der Waals surface area (Å²) in [6.45, 7) is 3.62. The molecule has 4 aromatic rings. The van der Waals surface area contributed by atoms with Gasteiger partial charge in [-0.15, -0.1) is 0 Å². The number of likely N-dealkylation sites (N-methyl/N-ethyl adjacent to an activating group) is 1. The van der Waals surface area contributed by atoms with E-state index >= 15 is 0 Å². The summed E-state index contributed by atoms with van der Waals surface area (Å²) >= 11 is 0. The second-order valence-electron chi connectivity index (χ2n) is 8.59. The molecule has 1 aliphatic rings. The number of hydrogen-bond acceptors (Lipinski definition) is 6. The van der Waals surface area contributed by atoms with Gasteiger partial charge >= 0.3 is 0 Å². The van der Waals surface area contributed by atoms with Gasteiger partial charge in [0.25, 0.3) is 12.3 Å². The lowest BCUT2D eigenvalue weighted by atomic mass is 10.0. The SMILES string of the molecule is CN1CCN(c2cc(C(=O)Nc3cc4cc(-c5cncc(C(F)F)c5)ccc4cn3)ccn2)CC1. The molecule has 0 saturated carbocycles. The minimum Gasteiger partial charge on any atom is -0.354 e. The van der Waals surface area contributed by atoms with Gasteiger partial charge in [-0.1, -0.05) is 12.1 Å². The van der Waals surface area contributed by atoms with Gasteiger partial charge in [-0.2, -0.15) is 0 Å². The van der Waals surface area contributed by atoms with Gasteiger partial charge in [0.05, 0.1) is 0 Å². The summed E-state index contributed by atoms with van der Waals surface area (Å²) in [5.74, 6) is 0.901. The van der Waals surface area contributed by atoms with Crippen molar-refractivity contribution in [1.82, 2.24) is 19.9 Å². The predicted octanol–water partition coefficient (Wildman–Crippen LogP) is 4.63. The fraction of sp³-hybridized carbons (Fsp3) is 0.231. The van der Waals surface area contributed by atoms with Crippen LogP contribution >= 0.6 is 0 Å². The lowest BCUT2D eigenvalue weighted by molar-refractivity contribution is 0.102. The van der Waals surface area contributed by atoms with Crippen LogP contribution < -0.4 is 10.2 Å². The van der Waals surface area contributed by atoms with E-state index in [0.717, 1.165) is 48.3 Å². The number of amides is 1. The zero-order chi connectivity index (χ0) is 24.4. The minimum absolute atomic E-state index is 0.126. The van der Waals surface area contributed by atoms with Crippen LogP contribution in [0.2, 0.25) is 0 Å². The first kappa shape index (κ1) is 22.8. The average Bonchev–Trinajstić information content (AvgIpc) is 2.89. The first-order valence-electron chi connectivity index (χ1n) is 11.3. The van der Waals surface area contributed by atoms with E-state index in [0.29, 0.717) is 16.9 Å². The fourth-order valence-electron chi connectivity index (χ4n) is 4.08. The van der Waals surface area contributed by atoms with Crippen molar-refractivity contribution in [2.24, 2.45) is 0 Å². The molecule has 178 valence electrons. The molecule has 4 heterocycles. The van der Waals surface area contributed by atoms with Gasteiger partial charge in [0, 0.05) is 73.0 Å². The van der Waals surface area contributed by atoms with Crippen LogP contribution in [0.3, 0.4) is 0 Å². The van der Waals surface area contributed by atoms with Gasteiger partial charge in [0.2, 0.25) is 0 Å². The van der Waals surface area contributed by atoms with Crippen LogP contribution in [-0.4, -0.2) is 59.0 Å². The van der Waals surface area contributed by atoms with Crippen LogP contribution in [0.5, 0.6) is 0 Å². The van der Waals surface area contributed by atoms with Crippen LogP contribution in [0.4, 0.5) is 20.4 Å². The molecule has 3 aromatic heterocycles. The van der Waals surface area contributed by atoms with Crippen molar-refractivity contribution in [2.45, 2.75) is 6.43 Å². The molecule has 1 amide bonds. The van der Waals surface area contributed by atoms with Crippen LogP contribution in [0.15, 0.2) is 67.3 Å². The number of carbonyl (C=O) groups is 1. The summed E-state index contributed by atoms with van der Waals surface area (Å²) in [7, 11) is 2.09. The molecular formula is C26H24F2N6O. The molecule has 1 aromatic carbocycles. The number of alkyl halides is 2. The first-order valence-corrected chi connectivity index (χ1v) is 11.3. The molecule has 1 aliphatic heterocycles. The van der Waals surface area contributed by atoms with Crippen molar-refractivity contribution in [3.63, 3.8) is 0 Å². The van der Waals surface area contributed by atoms with E-state index < -0.39 is 6.43 Å². The standard InChI is InChI=1S/C26H24F2N6O/c1-33-6-8-34(9-7-33)24-13-18(4-5-30-24)26(35)32-23-12-20-10-17(2-3-19(20)16-31-23)21-11-22(25(27)28)15-29-14-21/h2-5,10-16,25H,6-9H2,1H3,(H,31,32,35). The van der Waals surface area contributed by atoms with Gasteiger partial charge < -0.3 is 15.1 Å². The van der Waals surface area contributed by atoms with Gasteiger partial charge in [0.1, 0.15) is 11.6 Å². The molecule has 0 atom stereocenters. The van der Waals surface area contributed by atoms with Crippen molar-refractivity contribution in [1.29, 1.82) is 0 Å². The molecule has 0 bridgehead atoms. The Kier molecular flexibility index (Phi) is 6.33. The predicted molar refractivity (Wildman–Crippen MR) is 132 cm³/mol. The monoisotopic (exact) mass is 474 g/mol. The van der Waals surface area contributed by atoms with E-state index in [1.807, 2.05) is 18.2 Å². The highest BCUT2D eigenvalue weighted by atomic mass is 19.3. The number of rotatable bonds is 5. The van der Waals surface area contributed by atoms with Crippen molar-refractivity contribution < 1.29 is 13.6 Å². The largest absolute Gasteiger partial charge is 0.354 e. The highest BCUT2D eigenvalue weighted by Crippen LogP contribution is 2.28. The zero-order valence-electron chi connectivity index (χ0n) is 19.2. The van der Waals surface area contributed by atoms with Gasteiger partial charge in [-0.25, -0.2) is 18.7 Å². The Morgan fingerprint density at radius 3 is 2.54 bits per heavy atom. The smallest absolute Gasteiger partial charge is 0.265 e. The maximum Gasteiger partial charge on any atom is 0.265 e. The van der Waals surface area contributed by atoms with Gasteiger partial charge in [-0.05, 0) is 48.3 Å². The lowest BCUT2D eigenvalue weighted by Gasteiger charge is -2.33. The fourth-order valence-corrected chi connectivity index (χ4v) is 4.08. The van der Waals surface area contributed by atoms with Crippen LogP contribution in [0, 0.1) is 0 Å². The summed E-state index contributed by atoms with van der Waals surface area (Å²) in [4.78, 5) is 30.1. The molecule has 1 fully saturated rings. The molecule has 0 unspecified atom stereocenters. The number of hydrogen-bond donors (Lipinski definition) is 1. The maximum absolute atomic E-state index is 13.1. The Morgan fingerprint density at radius 1 is 0.914 bits per heavy atom. The molecule has 1 N–H and O–H groups in total. The van der Waals surface area contributed by atoms with E-state index in [9.17, 15) is 13.6 Å². The van der Waals surface area contributed by atoms with E-state index in [-0.39, 0.29) is 11.5 Å². The summed E-state index contributed by atoms with van der Waals surface area (Å²) in [6.07, 6.45) is 3.45. The van der Waals surface area contributed by atoms with Crippen molar-refractivity contribution in [3.8, 4) is 11.1 Å². The molecule has 0 spiro atoms. The zero-order valence-corrected chi connectivity index (χ0v) is 19.2. The van der Waals surface area contributed by atoms with E-state index in [4.69, 9.17) is 0 Å². The third-order valence-electron chi connectivity index (χ3n) is 6.14.